The van der Waals surface area contributed by atoms with E-state index in [1.807, 2.05) is 30.3 Å². The SMILES string of the molecule is COc1ccc(S(=O)(=O)n2cc(/C=C\CCCCCCCCCCCCCCOCc3ccccc3)c3ccccc32)cc1. The first-order chi connectivity index (χ1) is 21.6. The predicted octanol–water partition coefficient (Wildman–Crippen LogP) is 10.2. The molecule has 0 saturated carbocycles. The molecule has 0 aliphatic heterocycles. The Morgan fingerprint density at radius 1 is 0.682 bits per heavy atom. The second-order valence-electron chi connectivity index (χ2n) is 11.5. The first-order valence-electron chi connectivity index (χ1n) is 16.4. The van der Waals surface area contributed by atoms with Crippen LogP contribution in [0.1, 0.15) is 94.6 Å². The third kappa shape index (κ3) is 10.4. The van der Waals surface area contributed by atoms with Gasteiger partial charge in [0.05, 0.1) is 24.1 Å². The Bertz CT molecular complexity index is 1510. The molecule has 3 aromatic carbocycles. The molecule has 0 fully saturated rings. The molecular weight excluding hydrogens is 566 g/mol. The lowest BCUT2D eigenvalue weighted by atomic mass is 10.0. The van der Waals surface area contributed by atoms with Gasteiger partial charge >= 0.3 is 0 Å². The fraction of sp³-hybridized carbons (Fsp3) is 0.421. The van der Waals surface area contributed by atoms with Crippen LogP contribution in [0.15, 0.2) is 96.0 Å². The lowest BCUT2D eigenvalue weighted by Gasteiger charge is -2.08. The maximum Gasteiger partial charge on any atom is 0.268 e. The monoisotopic (exact) mass is 615 g/mol. The Hall–Kier alpha value is -3.35. The number of nitrogens with zero attached hydrogens (tertiary/aromatic N) is 1. The van der Waals surface area contributed by atoms with Crippen molar-refractivity contribution in [3.8, 4) is 5.75 Å². The second-order valence-corrected chi connectivity index (χ2v) is 13.4. The third-order valence-corrected chi connectivity index (χ3v) is 9.83. The van der Waals surface area contributed by atoms with Gasteiger partial charge in [-0.25, -0.2) is 12.4 Å². The molecule has 0 saturated heterocycles. The lowest BCUT2D eigenvalue weighted by Crippen LogP contribution is -2.11. The smallest absolute Gasteiger partial charge is 0.268 e. The fourth-order valence-electron chi connectivity index (χ4n) is 5.58. The largest absolute Gasteiger partial charge is 0.497 e. The van der Waals surface area contributed by atoms with Gasteiger partial charge < -0.3 is 9.47 Å². The highest BCUT2D eigenvalue weighted by molar-refractivity contribution is 7.90. The number of allylic oxidation sites excluding steroid dienone is 1. The molecule has 0 N–H and O–H groups in total. The summed E-state index contributed by atoms with van der Waals surface area (Å²) < 4.78 is 39.2. The lowest BCUT2D eigenvalue weighted by molar-refractivity contribution is 0.116. The van der Waals surface area contributed by atoms with Crippen LogP contribution in [0.4, 0.5) is 0 Å². The van der Waals surface area contributed by atoms with Crippen LogP contribution in [0.5, 0.6) is 5.75 Å². The van der Waals surface area contributed by atoms with E-state index < -0.39 is 10.0 Å². The molecule has 1 aromatic heterocycles. The van der Waals surface area contributed by atoms with Crippen LogP contribution in [0.3, 0.4) is 0 Å². The summed E-state index contributed by atoms with van der Waals surface area (Å²) >= 11 is 0. The van der Waals surface area contributed by atoms with E-state index in [4.69, 9.17) is 9.47 Å². The van der Waals surface area contributed by atoms with Crippen molar-refractivity contribution in [2.45, 2.75) is 95.0 Å². The number of aromatic nitrogens is 1. The molecule has 1 heterocycles. The number of para-hydroxylation sites is 1. The van der Waals surface area contributed by atoms with Gasteiger partial charge in [0.1, 0.15) is 5.75 Å². The summed E-state index contributed by atoms with van der Waals surface area (Å²) in [4.78, 5) is 0.242. The van der Waals surface area contributed by atoms with Crippen LogP contribution in [0.2, 0.25) is 0 Å². The van der Waals surface area contributed by atoms with Crippen molar-refractivity contribution in [1.82, 2.24) is 3.97 Å². The number of hydrogen-bond donors (Lipinski definition) is 0. The molecule has 0 amide bonds. The second kappa shape index (κ2) is 18.5. The normalized spacial score (nSPS) is 11.9. The highest BCUT2D eigenvalue weighted by Gasteiger charge is 2.20. The molecule has 4 aromatic rings. The van der Waals surface area contributed by atoms with Gasteiger partial charge in [0, 0.05) is 23.8 Å². The van der Waals surface area contributed by atoms with Crippen molar-refractivity contribution < 1.29 is 17.9 Å². The van der Waals surface area contributed by atoms with Crippen molar-refractivity contribution in [3.05, 3.63) is 102 Å². The van der Waals surface area contributed by atoms with Crippen LogP contribution >= 0.6 is 0 Å². The fourth-order valence-corrected chi connectivity index (χ4v) is 6.95. The zero-order chi connectivity index (χ0) is 30.9. The molecule has 0 atom stereocenters. The number of unbranched alkanes of at least 4 members (excludes halogenated alkanes) is 12. The minimum atomic E-state index is -3.72. The molecule has 0 radical (unpaired) electrons. The van der Waals surface area contributed by atoms with E-state index in [0.29, 0.717) is 11.3 Å². The van der Waals surface area contributed by atoms with Gasteiger partial charge in [-0.2, -0.15) is 0 Å². The molecule has 0 aliphatic carbocycles. The van der Waals surface area contributed by atoms with Crippen LogP contribution < -0.4 is 4.74 Å². The summed E-state index contributed by atoms with van der Waals surface area (Å²) in [5.41, 5.74) is 2.87. The first kappa shape index (κ1) is 33.5. The van der Waals surface area contributed by atoms with Gasteiger partial charge in [0.2, 0.25) is 0 Å². The van der Waals surface area contributed by atoms with Crippen LogP contribution in [-0.4, -0.2) is 26.1 Å². The number of methoxy groups -OCH3 is 1. The van der Waals surface area contributed by atoms with E-state index >= 15 is 0 Å². The molecule has 5 nitrogen and oxygen atoms in total. The van der Waals surface area contributed by atoms with E-state index in [0.717, 1.165) is 43.4 Å². The van der Waals surface area contributed by atoms with Gasteiger partial charge in [-0.05, 0) is 55.2 Å². The quantitative estimate of drug-likeness (QED) is 0.0875. The molecule has 4 rings (SSSR count). The summed E-state index contributed by atoms with van der Waals surface area (Å²) in [5, 5.41) is 0.939. The van der Waals surface area contributed by atoms with Crippen molar-refractivity contribution in [3.63, 3.8) is 0 Å². The maximum atomic E-state index is 13.4. The highest BCUT2D eigenvalue weighted by Crippen LogP contribution is 2.28. The van der Waals surface area contributed by atoms with Crippen molar-refractivity contribution in [2.75, 3.05) is 13.7 Å². The molecule has 44 heavy (non-hydrogen) atoms. The number of benzene rings is 3. The molecule has 0 unspecified atom stereocenters. The molecular formula is C38H49NO4S. The minimum Gasteiger partial charge on any atom is -0.497 e. The summed E-state index contributed by atoms with van der Waals surface area (Å²) in [7, 11) is -2.15. The number of ether oxygens (including phenoxy) is 2. The van der Waals surface area contributed by atoms with Crippen molar-refractivity contribution >= 4 is 27.0 Å². The standard InChI is InChI=1S/C38H49NO4S/c1-42-35-26-28-36(29-27-35)44(40,41)39-31-34(37-24-18-19-25-38(37)39)23-17-12-10-8-6-4-2-3-5-7-9-11-13-20-30-43-32-33-21-15-14-16-22-33/h14-19,21-29,31H,2-13,20,30,32H2,1H3/b23-17-. The Morgan fingerprint density at radius 2 is 1.27 bits per heavy atom. The van der Waals surface area contributed by atoms with E-state index in [9.17, 15) is 8.42 Å². The minimum absolute atomic E-state index is 0.242. The van der Waals surface area contributed by atoms with Crippen molar-refractivity contribution in [1.29, 1.82) is 0 Å². The summed E-state index contributed by atoms with van der Waals surface area (Å²) in [6.07, 6.45) is 22.5. The van der Waals surface area contributed by atoms with E-state index in [1.54, 1.807) is 37.6 Å². The summed E-state index contributed by atoms with van der Waals surface area (Å²) in [6.45, 7) is 1.59. The van der Waals surface area contributed by atoms with E-state index in [-0.39, 0.29) is 4.90 Å². The number of rotatable bonds is 21. The molecule has 0 aliphatic rings. The van der Waals surface area contributed by atoms with Gasteiger partial charge in [-0.3, -0.25) is 0 Å². The maximum absolute atomic E-state index is 13.4. The number of hydrogen-bond acceptors (Lipinski definition) is 4. The Kier molecular flexibility index (Phi) is 14.1. The Balaban J connectivity index is 1.05. The van der Waals surface area contributed by atoms with Gasteiger partial charge in [-0.1, -0.05) is 125 Å². The average molecular weight is 616 g/mol. The Morgan fingerprint density at radius 3 is 1.93 bits per heavy atom. The predicted molar refractivity (Wildman–Crippen MR) is 183 cm³/mol. The summed E-state index contributed by atoms with van der Waals surface area (Å²) in [5.74, 6) is 0.628. The van der Waals surface area contributed by atoms with Crippen molar-refractivity contribution in [2.24, 2.45) is 0 Å². The molecule has 0 spiro atoms. The zero-order valence-electron chi connectivity index (χ0n) is 26.3. The molecule has 6 heteroatoms. The summed E-state index contributed by atoms with van der Waals surface area (Å²) in [6, 6.07) is 24.6. The van der Waals surface area contributed by atoms with E-state index in [2.05, 4.69) is 36.4 Å². The highest BCUT2D eigenvalue weighted by atomic mass is 32.2. The third-order valence-electron chi connectivity index (χ3n) is 8.14. The molecule has 236 valence electrons. The average Bonchev–Trinajstić information content (AvgIpc) is 3.44. The van der Waals surface area contributed by atoms with Crippen LogP contribution in [-0.2, 0) is 21.4 Å². The van der Waals surface area contributed by atoms with Gasteiger partial charge in [0.25, 0.3) is 10.0 Å². The van der Waals surface area contributed by atoms with Gasteiger partial charge in [0.15, 0.2) is 0 Å². The van der Waals surface area contributed by atoms with Crippen LogP contribution in [0, 0.1) is 0 Å². The molecule has 0 bridgehead atoms. The van der Waals surface area contributed by atoms with Crippen LogP contribution in [0.25, 0.3) is 17.0 Å². The number of fused-ring (bicyclic) bond motifs is 1. The first-order valence-corrected chi connectivity index (χ1v) is 17.8. The van der Waals surface area contributed by atoms with E-state index in [1.165, 1.54) is 73.7 Å². The topological polar surface area (TPSA) is 57.5 Å². The zero-order valence-corrected chi connectivity index (χ0v) is 27.1. The van der Waals surface area contributed by atoms with Gasteiger partial charge in [-0.15, -0.1) is 0 Å². The Labute approximate surface area is 265 Å².